The van der Waals surface area contributed by atoms with Crippen LogP contribution in [0.3, 0.4) is 0 Å². The number of rotatable bonds is 4. The molecular weight excluding hydrogens is 307 g/mol. The summed E-state index contributed by atoms with van der Waals surface area (Å²) in [5.41, 5.74) is 3.46. The van der Waals surface area contributed by atoms with Crippen LogP contribution < -0.4 is 10.6 Å². The SMILES string of the molecule is CNC(=O)c1cccc(NCc2cc(Cl)cc(Cl)c2)c1C. The third kappa shape index (κ3) is 3.90. The molecule has 5 heteroatoms. The number of amides is 1. The van der Waals surface area contributed by atoms with Gasteiger partial charge in [-0.25, -0.2) is 0 Å². The molecule has 0 aliphatic carbocycles. The first-order valence-corrected chi connectivity index (χ1v) is 7.27. The third-order valence-corrected chi connectivity index (χ3v) is 3.65. The molecule has 0 unspecified atom stereocenters. The van der Waals surface area contributed by atoms with Gasteiger partial charge in [-0.05, 0) is 48.4 Å². The number of halogens is 2. The predicted octanol–water partition coefficient (Wildman–Crippen LogP) is 4.27. The molecule has 0 aliphatic rings. The lowest BCUT2D eigenvalue weighted by Gasteiger charge is -2.13. The summed E-state index contributed by atoms with van der Waals surface area (Å²) >= 11 is 12.0. The van der Waals surface area contributed by atoms with Crippen molar-refractivity contribution in [2.75, 3.05) is 12.4 Å². The monoisotopic (exact) mass is 322 g/mol. The summed E-state index contributed by atoms with van der Waals surface area (Å²) in [7, 11) is 1.62. The zero-order valence-corrected chi connectivity index (χ0v) is 13.3. The molecule has 0 fully saturated rings. The molecule has 0 aliphatic heterocycles. The van der Waals surface area contributed by atoms with Crippen LogP contribution in [0.5, 0.6) is 0 Å². The van der Waals surface area contributed by atoms with Crippen LogP contribution in [0.2, 0.25) is 10.0 Å². The van der Waals surface area contributed by atoms with Crippen LogP contribution >= 0.6 is 23.2 Å². The zero-order valence-electron chi connectivity index (χ0n) is 11.8. The summed E-state index contributed by atoms with van der Waals surface area (Å²) in [6.45, 7) is 2.50. The highest BCUT2D eigenvalue weighted by atomic mass is 35.5. The fourth-order valence-corrected chi connectivity index (χ4v) is 2.69. The molecule has 0 atom stereocenters. The largest absolute Gasteiger partial charge is 0.381 e. The topological polar surface area (TPSA) is 41.1 Å². The maximum atomic E-state index is 11.8. The van der Waals surface area contributed by atoms with E-state index in [0.29, 0.717) is 22.2 Å². The van der Waals surface area contributed by atoms with E-state index in [2.05, 4.69) is 10.6 Å². The molecule has 110 valence electrons. The van der Waals surface area contributed by atoms with Crippen LogP contribution in [0.1, 0.15) is 21.5 Å². The lowest BCUT2D eigenvalue weighted by Crippen LogP contribution is -2.19. The Bertz CT molecular complexity index is 651. The van der Waals surface area contributed by atoms with Crippen LogP contribution in [0, 0.1) is 6.92 Å². The van der Waals surface area contributed by atoms with E-state index in [1.165, 1.54) is 0 Å². The number of hydrogen-bond donors (Lipinski definition) is 2. The number of anilines is 1. The Hall–Kier alpha value is -1.71. The summed E-state index contributed by atoms with van der Waals surface area (Å²) in [6, 6.07) is 11.0. The van der Waals surface area contributed by atoms with Crippen molar-refractivity contribution in [3.8, 4) is 0 Å². The number of hydrogen-bond acceptors (Lipinski definition) is 2. The number of nitrogens with one attached hydrogen (secondary N) is 2. The van der Waals surface area contributed by atoms with E-state index in [0.717, 1.165) is 16.8 Å². The minimum Gasteiger partial charge on any atom is -0.381 e. The maximum Gasteiger partial charge on any atom is 0.251 e. The van der Waals surface area contributed by atoms with Gasteiger partial charge in [0.15, 0.2) is 0 Å². The Morgan fingerprint density at radius 2 is 1.81 bits per heavy atom. The number of carbonyl (C=O) groups is 1. The average Bonchev–Trinajstić information content (AvgIpc) is 2.44. The maximum absolute atomic E-state index is 11.8. The molecule has 2 aromatic carbocycles. The van der Waals surface area contributed by atoms with Gasteiger partial charge in [0.05, 0.1) is 0 Å². The highest BCUT2D eigenvalue weighted by Gasteiger charge is 2.10. The van der Waals surface area contributed by atoms with Crippen molar-refractivity contribution in [2.45, 2.75) is 13.5 Å². The molecule has 0 radical (unpaired) electrons. The molecule has 2 aromatic rings. The zero-order chi connectivity index (χ0) is 15.4. The Morgan fingerprint density at radius 3 is 2.43 bits per heavy atom. The van der Waals surface area contributed by atoms with Crippen molar-refractivity contribution >= 4 is 34.8 Å². The second kappa shape index (κ2) is 6.83. The fourth-order valence-electron chi connectivity index (χ4n) is 2.12. The Kier molecular flexibility index (Phi) is 5.10. The van der Waals surface area contributed by atoms with Gasteiger partial charge in [0.1, 0.15) is 0 Å². The van der Waals surface area contributed by atoms with E-state index < -0.39 is 0 Å². The molecule has 0 saturated carbocycles. The van der Waals surface area contributed by atoms with E-state index >= 15 is 0 Å². The van der Waals surface area contributed by atoms with Crippen molar-refractivity contribution in [1.29, 1.82) is 0 Å². The molecule has 21 heavy (non-hydrogen) atoms. The minimum absolute atomic E-state index is 0.0954. The van der Waals surface area contributed by atoms with Crippen molar-refractivity contribution < 1.29 is 4.79 Å². The molecule has 2 N–H and O–H groups in total. The fraction of sp³-hybridized carbons (Fsp3) is 0.188. The van der Waals surface area contributed by atoms with E-state index in [9.17, 15) is 4.79 Å². The van der Waals surface area contributed by atoms with Crippen LogP contribution in [-0.2, 0) is 6.54 Å². The van der Waals surface area contributed by atoms with E-state index in [-0.39, 0.29) is 5.91 Å². The van der Waals surface area contributed by atoms with Gasteiger partial charge in [0, 0.05) is 34.9 Å². The molecule has 1 amide bonds. The van der Waals surface area contributed by atoms with Crippen LogP contribution in [0.15, 0.2) is 36.4 Å². The van der Waals surface area contributed by atoms with Gasteiger partial charge in [-0.3, -0.25) is 4.79 Å². The Labute approximate surface area is 134 Å². The summed E-state index contributed by atoms with van der Waals surface area (Å²) in [6.07, 6.45) is 0. The molecule has 0 aromatic heterocycles. The number of carbonyl (C=O) groups excluding carboxylic acids is 1. The molecule has 0 spiro atoms. The average molecular weight is 323 g/mol. The van der Waals surface area contributed by atoms with Crippen LogP contribution in [-0.4, -0.2) is 13.0 Å². The second-order valence-electron chi connectivity index (χ2n) is 4.69. The number of benzene rings is 2. The smallest absolute Gasteiger partial charge is 0.251 e. The molecule has 0 saturated heterocycles. The van der Waals surface area contributed by atoms with Gasteiger partial charge >= 0.3 is 0 Å². The lowest BCUT2D eigenvalue weighted by molar-refractivity contribution is 0.0962. The third-order valence-electron chi connectivity index (χ3n) is 3.21. The van der Waals surface area contributed by atoms with Crippen molar-refractivity contribution in [3.63, 3.8) is 0 Å². The molecule has 0 bridgehead atoms. The normalized spacial score (nSPS) is 10.3. The molecule has 2 rings (SSSR count). The van der Waals surface area contributed by atoms with Crippen LogP contribution in [0.25, 0.3) is 0 Å². The van der Waals surface area contributed by atoms with E-state index in [4.69, 9.17) is 23.2 Å². The van der Waals surface area contributed by atoms with Crippen molar-refractivity contribution in [3.05, 3.63) is 63.1 Å². The van der Waals surface area contributed by atoms with Gasteiger partial charge in [-0.15, -0.1) is 0 Å². The van der Waals surface area contributed by atoms with E-state index in [1.54, 1.807) is 19.2 Å². The quantitative estimate of drug-likeness (QED) is 0.882. The Balaban J connectivity index is 2.18. The summed E-state index contributed by atoms with van der Waals surface area (Å²) < 4.78 is 0. The van der Waals surface area contributed by atoms with Gasteiger partial charge in [-0.1, -0.05) is 29.3 Å². The molecule has 0 heterocycles. The van der Waals surface area contributed by atoms with Gasteiger partial charge in [0.2, 0.25) is 0 Å². The van der Waals surface area contributed by atoms with Crippen molar-refractivity contribution in [2.24, 2.45) is 0 Å². The summed E-state index contributed by atoms with van der Waals surface area (Å²) in [5.74, 6) is -0.0954. The molecule has 3 nitrogen and oxygen atoms in total. The van der Waals surface area contributed by atoms with Crippen molar-refractivity contribution in [1.82, 2.24) is 5.32 Å². The summed E-state index contributed by atoms with van der Waals surface area (Å²) in [5, 5.41) is 7.16. The van der Waals surface area contributed by atoms with Crippen LogP contribution in [0.4, 0.5) is 5.69 Å². The molecular formula is C16H16Cl2N2O. The Morgan fingerprint density at radius 1 is 1.14 bits per heavy atom. The summed E-state index contributed by atoms with van der Waals surface area (Å²) in [4.78, 5) is 11.8. The second-order valence-corrected chi connectivity index (χ2v) is 5.56. The first-order valence-electron chi connectivity index (χ1n) is 6.52. The van der Waals surface area contributed by atoms with Gasteiger partial charge in [-0.2, -0.15) is 0 Å². The lowest BCUT2D eigenvalue weighted by atomic mass is 10.1. The standard InChI is InChI=1S/C16H16Cl2N2O/c1-10-14(16(21)19-2)4-3-5-15(10)20-9-11-6-12(17)8-13(18)7-11/h3-8,20H,9H2,1-2H3,(H,19,21). The van der Waals surface area contributed by atoms with Gasteiger partial charge < -0.3 is 10.6 Å². The van der Waals surface area contributed by atoms with E-state index in [1.807, 2.05) is 31.2 Å². The predicted molar refractivity (Wildman–Crippen MR) is 88.4 cm³/mol. The highest BCUT2D eigenvalue weighted by Crippen LogP contribution is 2.22. The minimum atomic E-state index is -0.0954. The van der Waals surface area contributed by atoms with Gasteiger partial charge in [0.25, 0.3) is 5.91 Å². The highest BCUT2D eigenvalue weighted by molar-refractivity contribution is 6.34. The first-order chi connectivity index (χ1) is 10.0. The first kappa shape index (κ1) is 15.7.